The van der Waals surface area contributed by atoms with Crippen LogP contribution < -0.4 is 10.6 Å². The van der Waals surface area contributed by atoms with Crippen LogP contribution in [0.25, 0.3) is 0 Å². The summed E-state index contributed by atoms with van der Waals surface area (Å²) in [4.78, 5) is 19.3. The summed E-state index contributed by atoms with van der Waals surface area (Å²) >= 11 is 0. The molecule has 0 aromatic heterocycles. The average Bonchev–Trinajstić information content (AvgIpc) is 2.58. The first-order valence-corrected chi connectivity index (χ1v) is 7.74. The molecule has 2 amide bonds. The third-order valence-corrected chi connectivity index (χ3v) is 1.53. The minimum Gasteiger partial charge on any atom is -0.464 e. The van der Waals surface area contributed by atoms with Crippen LogP contribution in [0, 0.1) is 13.0 Å². The monoisotopic (exact) mass is 410 g/mol. The van der Waals surface area contributed by atoms with E-state index in [9.17, 15) is 9.59 Å². The summed E-state index contributed by atoms with van der Waals surface area (Å²) in [6, 6.07) is 0. The van der Waals surface area contributed by atoms with Crippen LogP contribution in [0.2, 0.25) is 0 Å². The molecule has 4 nitrogen and oxygen atoms in total. The quantitative estimate of drug-likeness (QED) is 0.378. The molecule has 0 radical (unpaired) electrons. The summed E-state index contributed by atoms with van der Waals surface area (Å²) in [5.41, 5.74) is 1.05. The van der Waals surface area contributed by atoms with E-state index in [0.29, 0.717) is 0 Å². The zero-order chi connectivity index (χ0) is 18.9. The van der Waals surface area contributed by atoms with Crippen LogP contribution in [0.1, 0.15) is 47.5 Å². The molecule has 0 rings (SSSR count). The number of rotatable bonds is 7. The summed E-state index contributed by atoms with van der Waals surface area (Å²) in [6.45, 7) is 16.9. The first-order chi connectivity index (χ1) is 11.1. The van der Waals surface area contributed by atoms with Crippen LogP contribution in [-0.4, -0.2) is 19.4 Å². The van der Waals surface area contributed by atoms with E-state index in [-0.39, 0.29) is 39.1 Å². The van der Waals surface area contributed by atoms with Crippen molar-refractivity contribution in [3.8, 4) is 0 Å². The third kappa shape index (κ3) is 49.7. The predicted molar refractivity (Wildman–Crippen MR) is 101 cm³/mol. The third-order valence-electron chi connectivity index (χ3n) is 1.53. The zero-order valence-electron chi connectivity index (χ0n) is 16.1. The number of allylic oxidation sites excluding steroid dienone is 6. The molecule has 0 atom stereocenters. The molecule has 0 saturated carbocycles. The minimum absolute atomic E-state index is 0. The van der Waals surface area contributed by atoms with E-state index in [2.05, 4.69) is 24.9 Å². The predicted octanol–water partition coefficient (Wildman–Crippen LogP) is 4.05. The average molecular weight is 410 g/mol. The van der Waals surface area contributed by atoms with Crippen LogP contribution in [0.4, 0.5) is 0 Å². The fraction of sp³-hybridized carbons (Fsp3) is 0.421. The molecule has 24 heavy (non-hydrogen) atoms. The molecule has 0 aromatic carbocycles. The van der Waals surface area contributed by atoms with E-state index in [1.807, 2.05) is 72.2 Å². The van der Waals surface area contributed by atoms with E-state index in [1.165, 1.54) is 6.41 Å². The molecule has 0 bridgehead atoms. The normalized spacial score (nSPS) is 8.62. The van der Waals surface area contributed by atoms with Crippen molar-refractivity contribution in [2.24, 2.45) is 0 Å². The van der Waals surface area contributed by atoms with Crippen LogP contribution in [0.3, 0.4) is 0 Å². The van der Waals surface area contributed by atoms with Gasteiger partial charge in [-0.25, -0.2) is 12.2 Å². The summed E-state index contributed by atoms with van der Waals surface area (Å²) in [5, 5.41) is 4.70. The fourth-order valence-electron chi connectivity index (χ4n) is 0.713. The van der Waals surface area contributed by atoms with Gasteiger partial charge in [-0.3, -0.25) is 6.08 Å². The maximum atomic E-state index is 9.98. The van der Waals surface area contributed by atoms with Gasteiger partial charge in [0.05, 0.1) is 6.41 Å². The van der Waals surface area contributed by atoms with Crippen molar-refractivity contribution >= 4 is 12.3 Å². The molecule has 0 unspecified atom stereocenters. The van der Waals surface area contributed by atoms with Gasteiger partial charge in [-0.1, -0.05) is 52.3 Å². The van der Waals surface area contributed by atoms with Crippen LogP contribution in [0.15, 0.2) is 42.7 Å². The fourth-order valence-corrected chi connectivity index (χ4v) is 0.713. The molecule has 0 saturated heterocycles. The second-order valence-corrected chi connectivity index (χ2v) is 3.37. The van der Waals surface area contributed by atoms with Gasteiger partial charge in [0.25, 0.3) is 0 Å². The molecule has 5 heteroatoms. The molecular formula is C19H33N2O2Y. The zero-order valence-corrected chi connectivity index (χ0v) is 18.9. The van der Waals surface area contributed by atoms with Crippen molar-refractivity contribution in [2.45, 2.75) is 47.5 Å². The minimum atomic E-state index is -0.407. The Morgan fingerprint density at radius 3 is 2.12 bits per heavy atom. The van der Waals surface area contributed by atoms with Crippen LogP contribution in [-0.2, 0) is 42.3 Å². The van der Waals surface area contributed by atoms with Crippen molar-refractivity contribution in [3.63, 3.8) is 0 Å². The van der Waals surface area contributed by atoms with Gasteiger partial charge < -0.3 is 27.1 Å². The Labute approximate surface area is 174 Å². The SMILES string of the molecule is C=C(C)/C=C\C=[C-]C/C=C\NC.CC.CC.[CH2-]CC(=O)N[C-]=O.[Y+3]. The van der Waals surface area contributed by atoms with Crippen LogP contribution in [0.5, 0.6) is 0 Å². The van der Waals surface area contributed by atoms with Crippen molar-refractivity contribution in [1.29, 1.82) is 0 Å². The van der Waals surface area contributed by atoms with Gasteiger partial charge in [0.15, 0.2) is 0 Å². The van der Waals surface area contributed by atoms with E-state index < -0.39 is 5.91 Å². The molecular weight excluding hydrogens is 377 g/mol. The Kier molecular flexibility index (Phi) is 54.3. The Hall–Kier alpha value is -0.996. The summed E-state index contributed by atoms with van der Waals surface area (Å²) in [5.74, 6) is -0.407. The Morgan fingerprint density at radius 1 is 1.25 bits per heavy atom. The molecule has 2 N–H and O–H groups in total. The number of carbonyl (C=O) groups is 1. The topological polar surface area (TPSA) is 58.2 Å². The maximum absolute atomic E-state index is 9.98. The Balaban J connectivity index is -0.0000000862. The number of hydrogen-bond acceptors (Lipinski definition) is 3. The molecule has 0 fully saturated rings. The second-order valence-electron chi connectivity index (χ2n) is 3.37. The van der Waals surface area contributed by atoms with Gasteiger partial charge in [0.2, 0.25) is 0 Å². The molecule has 0 aliphatic rings. The first kappa shape index (κ1) is 34.4. The first-order valence-electron chi connectivity index (χ1n) is 7.74. The summed E-state index contributed by atoms with van der Waals surface area (Å²) in [6.07, 6.45) is 14.9. The summed E-state index contributed by atoms with van der Waals surface area (Å²) < 4.78 is 0. The number of amides is 2. The van der Waals surface area contributed by atoms with Gasteiger partial charge in [-0.05, 0) is 13.1 Å². The molecule has 0 aromatic rings. The maximum Gasteiger partial charge on any atom is 3.00 e. The van der Waals surface area contributed by atoms with E-state index >= 15 is 0 Å². The van der Waals surface area contributed by atoms with Crippen LogP contribution >= 0.6 is 0 Å². The second kappa shape index (κ2) is 37.9. The standard InChI is InChI=1S/C11H16N.C4H5NO2.2C2H6.Y/c1-11(2)9-7-5-4-6-8-10-12-3;1-2-4(7)5-3-6;2*1-2;/h5,7-10,12H,1,6H2,2-3H3;1-2H2,(H,5,6,7);2*1-2H3;/q-1;-2;;;+3/b9-7-,10-8-;;;;. The van der Waals surface area contributed by atoms with Crippen molar-refractivity contribution in [3.05, 3.63) is 55.7 Å². The number of imide groups is 1. The van der Waals surface area contributed by atoms with E-state index in [1.54, 1.807) is 5.32 Å². The number of carbonyl (C=O) groups excluding carboxylic acids is 2. The van der Waals surface area contributed by atoms with Crippen molar-refractivity contribution < 1.29 is 42.3 Å². The molecule has 134 valence electrons. The van der Waals surface area contributed by atoms with Crippen molar-refractivity contribution in [2.75, 3.05) is 7.05 Å². The molecule has 0 spiro atoms. The molecule has 0 aliphatic carbocycles. The van der Waals surface area contributed by atoms with Gasteiger partial charge in [-0.15, -0.1) is 6.08 Å². The van der Waals surface area contributed by atoms with Gasteiger partial charge in [-0.2, -0.15) is 6.42 Å². The Morgan fingerprint density at radius 2 is 1.79 bits per heavy atom. The number of nitrogens with one attached hydrogen (secondary N) is 2. The van der Waals surface area contributed by atoms with E-state index in [4.69, 9.17) is 0 Å². The van der Waals surface area contributed by atoms with Gasteiger partial charge in [0.1, 0.15) is 0 Å². The van der Waals surface area contributed by atoms with Crippen molar-refractivity contribution in [1.82, 2.24) is 10.6 Å². The molecule has 0 heterocycles. The van der Waals surface area contributed by atoms with Gasteiger partial charge in [0, 0.05) is 13.0 Å². The number of hydrogen-bond donors (Lipinski definition) is 2. The smallest absolute Gasteiger partial charge is 0.464 e. The van der Waals surface area contributed by atoms with Gasteiger partial charge >= 0.3 is 32.7 Å². The largest absolute Gasteiger partial charge is 3.00 e. The summed E-state index contributed by atoms with van der Waals surface area (Å²) in [7, 11) is 1.88. The van der Waals surface area contributed by atoms with E-state index in [0.717, 1.165) is 12.0 Å². The Bertz CT molecular complexity index is 349. The molecule has 0 aliphatic heterocycles.